The number of halogens is 2. The van der Waals surface area contributed by atoms with Crippen LogP contribution in [0.5, 0.6) is 5.75 Å². The minimum absolute atomic E-state index is 0.206. The summed E-state index contributed by atoms with van der Waals surface area (Å²) in [7, 11) is 0. The molecule has 0 fully saturated rings. The Hall–Kier alpha value is -0.0600. The summed E-state index contributed by atoms with van der Waals surface area (Å²) in [6.07, 6.45) is 2.26. The van der Waals surface area contributed by atoms with Gasteiger partial charge in [0.2, 0.25) is 0 Å². The van der Waals surface area contributed by atoms with Gasteiger partial charge in [0.25, 0.3) is 0 Å². The SMILES string of the molecule is CCOc1c(Br)cc(CNC(C)(CC)CC)cc1Br. The van der Waals surface area contributed by atoms with Gasteiger partial charge >= 0.3 is 0 Å². The van der Waals surface area contributed by atoms with Crippen molar-refractivity contribution in [1.82, 2.24) is 5.32 Å². The standard InChI is InChI=1S/C15H23Br2NO/c1-5-15(4,6-2)18-10-11-8-12(16)14(19-7-3)13(17)9-11/h8-9,18H,5-7,10H2,1-4H3. The van der Waals surface area contributed by atoms with Crippen LogP contribution in [0.1, 0.15) is 46.1 Å². The molecule has 19 heavy (non-hydrogen) atoms. The van der Waals surface area contributed by atoms with E-state index in [2.05, 4.69) is 70.1 Å². The highest BCUT2D eigenvalue weighted by molar-refractivity contribution is 9.11. The first-order chi connectivity index (χ1) is 8.95. The molecule has 0 amide bonds. The van der Waals surface area contributed by atoms with Crippen molar-refractivity contribution in [2.24, 2.45) is 0 Å². The zero-order valence-electron chi connectivity index (χ0n) is 12.1. The molecule has 1 rings (SSSR count). The summed E-state index contributed by atoms with van der Waals surface area (Å²) in [6.45, 7) is 10.2. The van der Waals surface area contributed by atoms with Crippen LogP contribution in [0, 0.1) is 0 Å². The van der Waals surface area contributed by atoms with Crippen LogP contribution >= 0.6 is 31.9 Å². The van der Waals surface area contributed by atoms with E-state index in [1.807, 2.05) is 6.92 Å². The van der Waals surface area contributed by atoms with E-state index in [4.69, 9.17) is 4.74 Å². The maximum absolute atomic E-state index is 5.60. The molecule has 0 aromatic heterocycles. The number of benzene rings is 1. The fourth-order valence-electron chi connectivity index (χ4n) is 1.81. The first kappa shape index (κ1) is 17.0. The molecule has 0 aliphatic heterocycles. The average Bonchev–Trinajstić information content (AvgIpc) is 2.40. The number of rotatable bonds is 7. The van der Waals surface area contributed by atoms with E-state index < -0.39 is 0 Å². The predicted molar refractivity (Wildman–Crippen MR) is 88.8 cm³/mol. The van der Waals surface area contributed by atoms with Crippen molar-refractivity contribution in [3.8, 4) is 5.75 Å². The molecule has 0 atom stereocenters. The van der Waals surface area contributed by atoms with Gasteiger partial charge in [-0.2, -0.15) is 0 Å². The van der Waals surface area contributed by atoms with E-state index in [0.717, 1.165) is 34.1 Å². The molecule has 1 aromatic rings. The molecule has 0 bridgehead atoms. The molecule has 0 aliphatic rings. The van der Waals surface area contributed by atoms with Crippen LogP contribution in [0.2, 0.25) is 0 Å². The van der Waals surface area contributed by atoms with Crippen LogP contribution in [0.3, 0.4) is 0 Å². The van der Waals surface area contributed by atoms with Crippen LogP contribution in [0.15, 0.2) is 21.1 Å². The fourth-order valence-corrected chi connectivity index (χ4v) is 3.32. The van der Waals surface area contributed by atoms with Crippen molar-refractivity contribution in [1.29, 1.82) is 0 Å². The zero-order chi connectivity index (χ0) is 14.5. The molecule has 0 heterocycles. The quantitative estimate of drug-likeness (QED) is 0.681. The number of ether oxygens (including phenoxy) is 1. The zero-order valence-corrected chi connectivity index (χ0v) is 15.3. The molecule has 2 nitrogen and oxygen atoms in total. The summed E-state index contributed by atoms with van der Waals surface area (Å²) in [6, 6.07) is 4.24. The molecule has 0 aliphatic carbocycles. The first-order valence-electron chi connectivity index (χ1n) is 6.81. The highest BCUT2D eigenvalue weighted by Gasteiger charge is 2.18. The molecule has 1 N–H and O–H groups in total. The Bertz CT molecular complexity index is 394. The molecule has 0 saturated heterocycles. The lowest BCUT2D eigenvalue weighted by Crippen LogP contribution is -2.40. The van der Waals surface area contributed by atoms with Gasteiger partial charge in [-0.05, 0) is 76.2 Å². The van der Waals surface area contributed by atoms with Crippen molar-refractivity contribution >= 4 is 31.9 Å². The Morgan fingerprint density at radius 2 is 1.63 bits per heavy atom. The smallest absolute Gasteiger partial charge is 0.147 e. The van der Waals surface area contributed by atoms with Crippen molar-refractivity contribution in [3.63, 3.8) is 0 Å². The van der Waals surface area contributed by atoms with Crippen molar-refractivity contribution in [2.45, 2.75) is 52.6 Å². The molecule has 0 radical (unpaired) electrons. The van der Waals surface area contributed by atoms with Gasteiger partial charge in [0, 0.05) is 12.1 Å². The molecule has 0 saturated carbocycles. The van der Waals surface area contributed by atoms with Gasteiger partial charge < -0.3 is 10.1 Å². The third-order valence-electron chi connectivity index (χ3n) is 3.63. The lowest BCUT2D eigenvalue weighted by molar-refractivity contribution is 0.328. The van der Waals surface area contributed by atoms with Crippen molar-refractivity contribution < 1.29 is 4.74 Å². The second-order valence-electron chi connectivity index (χ2n) is 4.94. The molecule has 0 spiro atoms. The molecule has 0 unspecified atom stereocenters. The molecule has 108 valence electrons. The summed E-state index contributed by atoms with van der Waals surface area (Å²) in [5.41, 5.74) is 1.45. The first-order valence-corrected chi connectivity index (χ1v) is 8.40. The Morgan fingerprint density at radius 1 is 1.11 bits per heavy atom. The Kier molecular flexibility index (Phi) is 6.84. The van der Waals surface area contributed by atoms with Gasteiger partial charge in [-0.25, -0.2) is 0 Å². The maximum atomic E-state index is 5.60. The van der Waals surface area contributed by atoms with Gasteiger partial charge in [-0.1, -0.05) is 13.8 Å². The maximum Gasteiger partial charge on any atom is 0.147 e. The minimum Gasteiger partial charge on any atom is -0.492 e. The summed E-state index contributed by atoms with van der Waals surface area (Å²) in [5, 5.41) is 3.64. The van der Waals surface area contributed by atoms with Crippen molar-refractivity contribution in [3.05, 3.63) is 26.6 Å². The average molecular weight is 393 g/mol. The third-order valence-corrected chi connectivity index (χ3v) is 4.80. The second kappa shape index (κ2) is 7.65. The van der Waals surface area contributed by atoms with E-state index in [9.17, 15) is 0 Å². The second-order valence-corrected chi connectivity index (χ2v) is 6.65. The van der Waals surface area contributed by atoms with E-state index in [1.54, 1.807) is 0 Å². The largest absolute Gasteiger partial charge is 0.492 e. The highest BCUT2D eigenvalue weighted by Crippen LogP contribution is 2.35. The summed E-state index contributed by atoms with van der Waals surface area (Å²) >= 11 is 7.14. The molecular formula is C15H23Br2NO. The third kappa shape index (κ3) is 4.76. The molecule has 1 aromatic carbocycles. The van der Waals surface area contributed by atoms with Crippen LogP contribution in [0.25, 0.3) is 0 Å². The van der Waals surface area contributed by atoms with Crippen LogP contribution in [-0.4, -0.2) is 12.1 Å². The molecular weight excluding hydrogens is 370 g/mol. The van der Waals surface area contributed by atoms with E-state index in [-0.39, 0.29) is 5.54 Å². The van der Waals surface area contributed by atoms with Gasteiger partial charge in [-0.15, -0.1) is 0 Å². The number of hydrogen-bond donors (Lipinski definition) is 1. The topological polar surface area (TPSA) is 21.3 Å². The minimum atomic E-state index is 0.206. The van der Waals surface area contributed by atoms with Crippen LogP contribution in [-0.2, 0) is 6.54 Å². The summed E-state index contributed by atoms with van der Waals surface area (Å²) < 4.78 is 7.59. The van der Waals surface area contributed by atoms with Crippen LogP contribution in [0.4, 0.5) is 0 Å². The normalized spacial score (nSPS) is 11.7. The van der Waals surface area contributed by atoms with Gasteiger partial charge in [0.05, 0.1) is 15.6 Å². The summed E-state index contributed by atoms with van der Waals surface area (Å²) in [5.74, 6) is 0.875. The lowest BCUT2D eigenvalue weighted by atomic mass is 9.95. The van der Waals surface area contributed by atoms with E-state index in [1.165, 1.54) is 5.56 Å². The van der Waals surface area contributed by atoms with Gasteiger partial charge in [0.15, 0.2) is 0 Å². The predicted octanol–water partition coefficient (Wildman–Crippen LogP) is 5.28. The Labute approximate surface area is 133 Å². The van der Waals surface area contributed by atoms with E-state index >= 15 is 0 Å². The van der Waals surface area contributed by atoms with Crippen molar-refractivity contribution in [2.75, 3.05) is 6.61 Å². The van der Waals surface area contributed by atoms with E-state index in [0.29, 0.717) is 6.61 Å². The lowest BCUT2D eigenvalue weighted by Gasteiger charge is -2.28. The highest BCUT2D eigenvalue weighted by atomic mass is 79.9. The van der Waals surface area contributed by atoms with Gasteiger partial charge in [0.1, 0.15) is 5.75 Å². The Balaban J connectivity index is 2.81. The summed E-state index contributed by atoms with van der Waals surface area (Å²) in [4.78, 5) is 0. The van der Waals surface area contributed by atoms with Gasteiger partial charge in [-0.3, -0.25) is 0 Å². The molecule has 4 heteroatoms. The number of nitrogens with one attached hydrogen (secondary N) is 1. The number of hydrogen-bond acceptors (Lipinski definition) is 2. The fraction of sp³-hybridized carbons (Fsp3) is 0.600. The monoisotopic (exact) mass is 391 g/mol. The van der Waals surface area contributed by atoms with Crippen LogP contribution < -0.4 is 10.1 Å². The Morgan fingerprint density at radius 3 is 2.05 bits per heavy atom.